The largest absolute Gasteiger partial charge is 0.332 e. The number of rotatable bonds is 4. The van der Waals surface area contributed by atoms with E-state index in [9.17, 15) is 9.59 Å². The van der Waals surface area contributed by atoms with Gasteiger partial charge in [-0.25, -0.2) is 0 Å². The minimum Gasteiger partial charge on any atom is -0.332 e. The summed E-state index contributed by atoms with van der Waals surface area (Å²) in [4.78, 5) is 24.9. The third-order valence-electron chi connectivity index (χ3n) is 4.93. The first-order valence-electron chi connectivity index (χ1n) is 10.3. The second-order valence-corrected chi connectivity index (χ2v) is 9.04. The maximum absolute atomic E-state index is 12.6. The van der Waals surface area contributed by atoms with Gasteiger partial charge in [0, 0.05) is 22.5 Å². The highest BCUT2D eigenvalue weighted by atomic mass is 32.1. The summed E-state index contributed by atoms with van der Waals surface area (Å²) in [5, 5.41) is 8.71. The minimum absolute atomic E-state index is 0.0301. The van der Waals surface area contributed by atoms with Gasteiger partial charge in [-0.1, -0.05) is 56.7 Å². The molecule has 164 valence electrons. The molecule has 0 spiro atoms. The predicted octanol–water partition coefficient (Wildman–Crippen LogP) is 5.67. The van der Waals surface area contributed by atoms with Crippen LogP contribution in [0.15, 0.2) is 72.8 Å². The fraction of sp³-hybridized carbons (Fsp3) is 0.192. The lowest BCUT2D eigenvalue weighted by molar-refractivity contribution is 0.0976. The summed E-state index contributed by atoms with van der Waals surface area (Å²) in [6.07, 6.45) is 0. The van der Waals surface area contributed by atoms with Gasteiger partial charge in [-0.05, 0) is 72.6 Å². The Morgan fingerprint density at radius 3 is 1.88 bits per heavy atom. The van der Waals surface area contributed by atoms with Crippen molar-refractivity contribution < 1.29 is 9.59 Å². The van der Waals surface area contributed by atoms with Gasteiger partial charge in [0.05, 0.1) is 0 Å². The Kier molecular flexibility index (Phi) is 7.05. The predicted molar refractivity (Wildman–Crippen MR) is 134 cm³/mol. The Hall–Kier alpha value is -3.51. The SMILES string of the molecule is Cc1ccc(C(=O)NC(=S)Nc2cccc(NC(=O)c3ccc(C(C)(C)C)cc3)c2)cc1. The van der Waals surface area contributed by atoms with Gasteiger partial charge < -0.3 is 10.6 Å². The molecule has 0 atom stereocenters. The number of benzene rings is 3. The summed E-state index contributed by atoms with van der Waals surface area (Å²) >= 11 is 5.26. The Bertz CT molecular complexity index is 1130. The Morgan fingerprint density at radius 1 is 0.750 bits per heavy atom. The van der Waals surface area contributed by atoms with E-state index in [0.717, 1.165) is 5.56 Å². The number of nitrogens with one attached hydrogen (secondary N) is 3. The standard InChI is InChI=1S/C26H27N3O2S/c1-17-8-10-18(11-9-17)24(31)29-25(32)28-22-7-5-6-21(16-22)27-23(30)19-12-14-20(15-13-19)26(2,3)4/h5-16H,1-4H3,(H,27,30)(H2,28,29,31,32). The van der Waals surface area contributed by atoms with Gasteiger partial charge in [0.1, 0.15) is 0 Å². The van der Waals surface area contributed by atoms with Crippen molar-refractivity contribution in [2.75, 3.05) is 10.6 Å². The van der Waals surface area contributed by atoms with Gasteiger partial charge in [-0.15, -0.1) is 0 Å². The molecule has 0 saturated carbocycles. The van der Waals surface area contributed by atoms with Crippen molar-refractivity contribution in [1.82, 2.24) is 5.32 Å². The summed E-state index contributed by atoms with van der Waals surface area (Å²) in [5.41, 5.74) is 4.65. The molecule has 0 aliphatic rings. The van der Waals surface area contributed by atoms with Gasteiger partial charge in [0.2, 0.25) is 0 Å². The Morgan fingerprint density at radius 2 is 1.28 bits per heavy atom. The van der Waals surface area contributed by atoms with E-state index >= 15 is 0 Å². The van der Waals surface area contributed by atoms with Crippen molar-refractivity contribution in [2.45, 2.75) is 33.1 Å². The van der Waals surface area contributed by atoms with Crippen LogP contribution in [0.4, 0.5) is 11.4 Å². The van der Waals surface area contributed by atoms with Crippen LogP contribution in [0.2, 0.25) is 0 Å². The fourth-order valence-corrected chi connectivity index (χ4v) is 3.25. The third-order valence-corrected chi connectivity index (χ3v) is 5.14. The number of anilines is 2. The number of carbonyl (C=O) groups is 2. The lowest BCUT2D eigenvalue weighted by atomic mass is 9.87. The average molecular weight is 446 g/mol. The normalized spacial score (nSPS) is 10.9. The van der Waals surface area contributed by atoms with E-state index in [-0.39, 0.29) is 22.3 Å². The van der Waals surface area contributed by atoms with Crippen LogP contribution in [0.1, 0.15) is 52.6 Å². The quantitative estimate of drug-likeness (QED) is 0.453. The van der Waals surface area contributed by atoms with Crippen LogP contribution in [-0.4, -0.2) is 16.9 Å². The second-order valence-electron chi connectivity index (χ2n) is 8.64. The number of amides is 2. The average Bonchev–Trinajstić information content (AvgIpc) is 2.73. The highest BCUT2D eigenvalue weighted by Crippen LogP contribution is 2.23. The van der Waals surface area contributed by atoms with Gasteiger partial charge in [-0.2, -0.15) is 0 Å². The van der Waals surface area contributed by atoms with Crippen molar-refractivity contribution in [1.29, 1.82) is 0 Å². The van der Waals surface area contributed by atoms with Crippen molar-refractivity contribution in [3.8, 4) is 0 Å². The molecular formula is C26H27N3O2S. The molecule has 3 rings (SSSR count). The highest BCUT2D eigenvalue weighted by molar-refractivity contribution is 7.80. The van der Waals surface area contributed by atoms with E-state index in [4.69, 9.17) is 12.2 Å². The van der Waals surface area contributed by atoms with Gasteiger partial charge in [0.25, 0.3) is 11.8 Å². The lowest BCUT2D eigenvalue weighted by Gasteiger charge is -2.19. The lowest BCUT2D eigenvalue weighted by Crippen LogP contribution is -2.34. The zero-order chi connectivity index (χ0) is 23.3. The molecule has 5 nitrogen and oxygen atoms in total. The number of thiocarbonyl (C=S) groups is 1. The van der Waals surface area contributed by atoms with Crippen LogP contribution < -0.4 is 16.0 Å². The van der Waals surface area contributed by atoms with Crippen molar-refractivity contribution in [3.63, 3.8) is 0 Å². The van der Waals surface area contributed by atoms with Gasteiger partial charge >= 0.3 is 0 Å². The molecule has 0 saturated heterocycles. The number of aryl methyl sites for hydroxylation is 1. The van der Waals surface area contributed by atoms with E-state index in [1.165, 1.54) is 5.56 Å². The Labute approximate surface area is 194 Å². The molecule has 32 heavy (non-hydrogen) atoms. The second kappa shape index (κ2) is 9.75. The smallest absolute Gasteiger partial charge is 0.257 e. The first-order chi connectivity index (χ1) is 15.1. The summed E-state index contributed by atoms with van der Waals surface area (Å²) in [6, 6.07) is 22.0. The molecule has 0 aliphatic heterocycles. The molecule has 0 bridgehead atoms. The number of carbonyl (C=O) groups excluding carboxylic acids is 2. The highest BCUT2D eigenvalue weighted by Gasteiger charge is 2.14. The van der Waals surface area contributed by atoms with Crippen LogP contribution in [-0.2, 0) is 5.41 Å². The molecule has 0 aromatic heterocycles. The number of hydrogen-bond acceptors (Lipinski definition) is 3. The molecule has 0 fully saturated rings. The van der Waals surface area contributed by atoms with Crippen LogP contribution in [0, 0.1) is 6.92 Å². The molecular weight excluding hydrogens is 418 g/mol. The van der Waals surface area contributed by atoms with Crippen LogP contribution in [0.3, 0.4) is 0 Å². The number of hydrogen-bond donors (Lipinski definition) is 3. The topological polar surface area (TPSA) is 70.2 Å². The zero-order valence-electron chi connectivity index (χ0n) is 18.7. The molecule has 3 N–H and O–H groups in total. The molecule has 6 heteroatoms. The van der Waals surface area contributed by atoms with Crippen molar-refractivity contribution in [2.24, 2.45) is 0 Å². The first-order valence-corrected chi connectivity index (χ1v) is 10.7. The molecule has 2 amide bonds. The molecule has 0 radical (unpaired) electrons. The van der Waals surface area contributed by atoms with E-state index in [2.05, 4.69) is 36.7 Å². The van der Waals surface area contributed by atoms with Crippen LogP contribution >= 0.6 is 12.2 Å². The Balaban J connectivity index is 1.61. The van der Waals surface area contributed by atoms with Crippen LogP contribution in [0.25, 0.3) is 0 Å². The summed E-state index contributed by atoms with van der Waals surface area (Å²) in [5.74, 6) is -0.483. The van der Waals surface area contributed by atoms with E-state index < -0.39 is 0 Å². The summed E-state index contributed by atoms with van der Waals surface area (Å²) in [7, 11) is 0. The summed E-state index contributed by atoms with van der Waals surface area (Å²) in [6.45, 7) is 8.36. The maximum Gasteiger partial charge on any atom is 0.257 e. The third kappa shape index (κ3) is 6.25. The molecule has 0 aliphatic carbocycles. The molecule has 0 heterocycles. The fourth-order valence-electron chi connectivity index (χ4n) is 3.04. The summed E-state index contributed by atoms with van der Waals surface area (Å²) < 4.78 is 0. The van der Waals surface area contributed by atoms with Crippen molar-refractivity contribution >= 4 is 40.5 Å². The monoisotopic (exact) mass is 445 g/mol. The van der Waals surface area contributed by atoms with Gasteiger partial charge in [0.15, 0.2) is 5.11 Å². The minimum atomic E-state index is -0.286. The van der Waals surface area contributed by atoms with Crippen molar-refractivity contribution in [3.05, 3.63) is 95.1 Å². The van der Waals surface area contributed by atoms with Crippen LogP contribution in [0.5, 0.6) is 0 Å². The molecule has 3 aromatic rings. The zero-order valence-corrected chi connectivity index (χ0v) is 19.5. The molecule has 0 unspecified atom stereocenters. The van der Waals surface area contributed by atoms with E-state index in [1.54, 1.807) is 36.4 Å². The molecule has 3 aromatic carbocycles. The van der Waals surface area contributed by atoms with E-state index in [1.807, 2.05) is 43.3 Å². The first kappa shape index (κ1) is 23.2. The maximum atomic E-state index is 12.6. The van der Waals surface area contributed by atoms with E-state index in [0.29, 0.717) is 22.5 Å². The van der Waals surface area contributed by atoms with Gasteiger partial charge in [-0.3, -0.25) is 14.9 Å².